The van der Waals surface area contributed by atoms with Gasteiger partial charge in [0, 0.05) is 37.1 Å². The molecule has 23 heavy (non-hydrogen) atoms. The largest absolute Gasteiger partial charge is 0.469 e. The van der Waals surface area contributed by atoms with E-state index in [1.54, 1.807) is 6.07 Å². The van der Waals surface area contributed by atoms with Crippen LogP contribution in [0.25, 0.3) is 0 Å². The molecule has 0 aromatic heterocycles. The first-order chi connectivity index (χ1) is 10.9. The number of hydrogen-bond donors (Lipinski definition) is 1. The Kier molecular flexibility index (Phi) is 5.38. The number of anilines is 1. The molecule has 1 N–H and O–H groups in total. The van der Waals surface area contributed by atoms with Crippen molar-refractivity contribution in [1.82, 2.24) is 4.90 Å². The second-order valence-electron chi connectivity index (χ2n) is 5.11. The first-order valence-electron chi connectivity index (χ1n) is 6.95. The zero-order valence-corrected chi connectivity index (χ0v) is 13.2. The molecule has 1 unspecified atom stereocenters. The molecule has 8 nitrogen and oxygen atoms in total. The van der Waals surface area contributed by atoms with Gasteiger partial charge in [-0.05, 0) is 12.1 Å². The summed E-state index contributed by atoms with van der Waals surface area (Å²) in [6.45, 7) is 0.962. The van der Waals surface area contributed by atoms with E-state index in [9.17, 15) is 19.7 Å². The van der Waals surface area contributed by atoms with Crippen LogP contribution in [0.5, 0.6) is 0 Å². The highest BCUT2D eigenvalue weighted by Crippen LogP contribution is 2.27. The molecule has 9 heteroatoms. The predicted molar refractivity (Wildman–Crippen MR) is 83.3 cm³/mol. The summed E-state index contributed by atoms with van der Waals surface area (Å²) in [5.74, 6) is -0.979. The number of halogens is 1. The second kappa shape index (κ2) is 7.28. The zero-order chi connectivity index (χ0) is 17.0. The van der Waals surface area contributed by atoms with E-state index in [2.05, 4.69) is 10.1 Å². The Bertz CT molecular complexity index is 637. The molecule has 0 saturated carbocycles. The van der Waals surface area contributed by atoms with E-state index in [0.717, 1.165) is 0 Å². The number of carbonyl (C=O) groups excluding carboxylic acids is 2. The van der Waals surface area contributed by atoms with Crippen molar-refractivity contribution in [2.45, 2.75) is 6.42 Å². The number of esters is 1. The zero-order valence-electron chi connectivity index (χ0n) is 12.5. The summed E-state index contributed by atoms with van der Waals surface area (Å²) in [5, 5.41) is 14.2. The van der Waals surface area contributed by atoms with Crippen molar-refractivity contribution in [3.8, 4) is 0 Å². The fourth-order valence-corrected chi connectivity index (χ4v) is 2.61. The maximum Gasteiger partial charge on any atom is 0.310 e. The number of rotatable bonds is 6. The maximum atomic E-state index is 11.8. The smallest absolute Gasteiger partial charge is 0.310 e. The molecule has 0 bridgehead atoms. The number of ether oxygens (including phenoxy) is 1. The lowest BCUT2D eigenvalue weighted by Crippen LogP contribution is -2.31. The van der Waals surface area contributed by atoms with Crippen LogP contribution in [0.15, 0.2) is 18.2 Å². The quantitative estimate of drug-likeness (QED) is 0.480. The summed E-state index contributed by atoms with van der Waals surface area (Å²) < 4.78 is 4.64. The lowest BCUT2D eigenvalue weighted by atomic mass is 10.1. The van der Waals surface area contributed by atoms with Crippen molar-refractivity contribution < 1.29 is 19.2 Å². The highest BCUT2D eigenvalue weighted by molar-refractivity contribution is 6.30. The highest BCUT2D eigenvalue weighted by atomic mass is 35.5. The minimum atomic E-state index is -0.525. The molecule has 1 heterocycles. The van der Waals surface area contributed by atoms with Gasteiger partial charge in [-0.3, -0.25) is 19.7 Å². The van der Waals surface area contributed by atoms with E-state index >= 15 is 0 Å². The molecule has 124 valence electrons. The molecule has 1 aromatic rings. The molecule has 1 aromatic carbocycles. The lowest BCUT2D eigenvalue weighted by molar-refractivity contribution is -0.383. The molecular formula is C14H16ClN3O5. The average Bonchev–Trinajstić information content (AvgIpc) is 2.89. The van der Waals surface area contributed by atoms with Crippen LogP contribution in [0.3, 0.4) is 0 Å². The Morgan fingerprint density at radius 1 is 1.57 bits per heavy atom. The van der Waals surface area contributed by atoms with E-state index in [4.69, 9.17) is 11.6 Å². The molecular weight excluding hydrogens is 326 g/mol. The highest BCUT2D eigenvalue weighted by Gasteiger charge is 2.34. The van der Waals surface area contributed by atoms with E-state index in [-0.39, 0.29) is 23.0 Å². The van der Waals surface area contributed by atoms with Crippen molar-refractivity contribution in [2.75, 3.05) is 32.1 Å². The third-order valence-electron chi connectivity index (χ3n) is 3.60. The molecule has 1 aliphatic rings. The third-order valence-corrected chi connectivity index (χ3v) is 3.84. The van der Waals surface area contributed by atoms with Crippen LogP contribution in [0.1, 0.15) is 6.42 Å². The second-order valence-corrected chi connectivity index (χ2v) is 5.55. The topological polar surface area (TPSA) is 102 Å². The molecule has 0 aliphatic carbocycles. The lowest BCUT2D eigenvalue weighted by Gasteiger charge is -2.17. The van der Waals surface area contributed by atoms with Crippen LogP contribution in [0.4, 0.5) is 11.4 Å². The number of nitrogens with zero attached hydrogens (tertiary/aromatic N) is 2. The molecule has 1 fully saturated rings. The third kappa shape index (κ3) is 4.10. The predicted octanol–water partition coefficient (Wildman–Crippen LogP) is 1.68. The summed E-state index contributed by atoms with van der Waals surface area (Å²) in [4.78, 5) is 35.3. The molecule has 1 amide bonds. The Morgan fingerprint density at radius 2 is 2.30 bits per heavy atom. The number of nitro groups is 1. The van der Waals surface area contributed by atoms with Crippen LogP contribution in [0, 0.1) is 16.0 Å². The van der Waals surface area contributed by atoms with Crippen molar-refractivity contribution in [3.63, 3.8) is 0 Å². The Hall–Kier alpha value is -2.35. The minimum absolute atomic E-state index is 0.127. The number of likely N-dealkylation sites (tertiary alicyclic amines) is 1. The van der Waals surface area contributed by atoms with Gasteiger partial charge in [-0.15, -0.1) is 0 Å². The van der Waals surface area contributed by atoms with Crippen LogP contribution in [-0.4, -0.2) is 48.4 Å². The van der Waals surface area contributed by atoms with Gasteiger partial charge in [0.15, 0.2) is 0 Å². The van der Waals surface area contributed by atoms with Crippen molar-refractivity contribution >= 4 is 34.9 Å². The molecule has 1 saturated heterocycles. The SMILES string of the molecule is COC(=O)C1CC(=O)N(CCNc2ccc(Cl)cc2[N+](=O)[O-])C1. The number of benzene rings is 1. The van der Waals surface area contributed by atoms with Crippen molar-refractivity contribution in [1.29, 1.82) is 0 Å². The van der Waals surface area contributed by atoms with Crippen LogP contribution in [0.2, 0.25) is 5.02 Å². The van der Waals surface area contributed by atoms with E-state index in [0.29, 0.717) is 25.3 Å². The molecule has 1 aliphatic heterocycles. The van der Waals surface area contributed by atoms with Gasteiger partial charge in [-0.2, -0.15) is 0 Å². The normalized spacial score (nSPS) is 17.2. The summed E-state index contributed by atoms with van der Waals surface area (Å²) in [7, 11) is 1.29. The van der Waals surface area contributed by atoms with Crippen molar-refractivity contribution in [3.05, 3.63) is 33.3 Å². The van der Waals surface area contributed by atoms with Gasteiger partial charge in [0.2, 0.25) is 5.91 Å². The van der Waals surface area contributed by atoms with Gasteiger partial charge < -0.3 is 15.0 Å². The molecule has 2 rings (SSSR count). The van der Waals surface area contributed by atoms with E-state index in [1.165, 1.54) is 24.1 Å². The van der Waals surface area contributed by atoms with Gasteiger partial charge in [-0.25, -0.2) is 0 Å². The number of carbonyl (C=O) groups is 2. The van der Waals surface area contributed by atoms with E-state index < -0.39 is 16.8 Å². The number of hydrogen-bond acceptors (Lipinski definition) is 6. The first kappa shape index (κ1) is 17.0. The Balaban J connectivity index is 1.92. The average molecular weight is 342 g/mol. The minimum Gasteiger partial charge on any atom is -0.469 e. The molecule has 0 spiro atoms. The van der Waals surface area contributed by atoms with E-state index in [1.807, 2.05) is 0 Å². The standard InChI is InChI=1S/C14H16ClN3O5/c1-23-14(20)9-6-13(19)17(8-9)5-4-16-11-3-2-10(15)7-12(11)18(21)22/h2-3,7,9,16H,4-6,8H2,1H3. The van der Waals surface area contributed by atoms with Gasteiger partial charge >= 0.3 is 5.97 Å². The maximum absolute atomic E-state index is 11.8. The van der Waals surface area contributed by atoms with Crippen LogP contribution < -0.4 is 5.32 Å². The number of amides is 1. The summed E-state index contributed by atoms with van der Waals surface area (Å²) in [6, 6.07) is 4.33. The van der Waals surface area contributed by atoms with Gasteiger partial charge in [0.05, 0.1) is 18.0 Å². The molecule has 1 atom stereocenters. The summed E-state index contributed by atoms with van der Waals surface area (Å²) in [6.07, 6.45) is 0.133. The Labute approximate surface area is 137 Å². The Morgan fingerprint density at radius 3 is 2.96 bits per heavy atom. The molecule has 0 radical (unpaired) electrons. The van der Waals surface area contributed by atoms with Gasteiger partial charge in [-0.1, -0.05) is 11.6 Å². The van der Waals surface area contributed by atoms with Crippen LogP contribution >= 0.6 is 11.6 Å². The number of nitrogens with one attached hydrogen (secondary N) is 1. The first-order valence-corrected chi connectivity index (χ1v) is 7.33. The van der Waals surface area contributed by atoms with Gasteiger partial charge in [0.25, 0.3) is 5.69 Å². The van der Waals surface area contributed by atoms with Crippen LogP contribution in [-0.2, 0) is 14.3 Å². The monoisotopic (exact) mass is 341 g/mol. The number of nitro benzene ring substituents is 1. The van der Waals surface area contributed by atoms with Gasteiger partial charge in [0.1, 0.15) is 5.69 Å². The van der Waals surface area contributed by atoms with Crippen molar-refractivity contribution in [2.24, 2.45) is 5.92 Å². The summed E-state index contributed by atoms with van der Waals surface area (Å²) in [5.41, 5.74) is 0.202. The number of methoxy groups -OCH3 is 1. The summed E-state index contributed by atoms with van der Waals surface area (Å²) >= 11 is 5.75. The fraction of sp³-hybridized carbons (Fsp3) is 0.429. The fourth-order valence-electron chi connectivity index (χ4n) is 2.44.